The number of carbonyl (C=O) groups is 1. The molecular formula is C21H26N4OS2. The van der Waals surface area contributed by atoms with Gasteiger partial charge < -0.3 is 9.88 Å². The van der Waals surface area contributed by atoms with Gasteiger partial charge in [-0.3, -0.25) is 4.79 Å². The van der Waals surface area contributed by atoms with Crippen molar-refractivity contribution in [1.29, 1.82) is 0 Å². The van der Waals surface area contributed by atoms with Crippen LogP contribution in [-0.4, -0.2) is 27.0 Å². The SMILES string of the molecule is Cc1nc(Sc2nccn2C)c(C(=O)NCC23CC4CC5CC(C2)C3(C5)C4)s1. The number of hydrogen-bond donors (Lipinski definition) is 1. The molecule has 2 aromatic rings. The van der Waals surface area contributed by atoms with Crippen LogP contribution in [0.4, 0.5) is 0 Å². The Balaban J connectivity index is 1.20. The first kappa shape index (κ1) is 17.5. The predicted molar refractivity (Wildman–Crippen MR) is 110 cm³/mol. The van der Waals surface area contributed by atoms with E-state index < -0.39 is 0 Å². The number of nitrogens with zero attached hydrogens (tertiary/aromatic N) is 3. The Morgan fingerprint density at radius 2 is 2.18 bits per heavy atom. The Labute approximate surface area is 173 Å². The monoisotopic (exact) mass is 414 g/mol. The highest BCUT2D eigenvalue weighted by molar-refractivity contribution is 7.99. The van der Waals surface area contributed by atoms with E-state index in [1.807, 2.05) is 24.7 Å². The molecule has 2 aromatic heterocycles. The summed E-state index contributed by atoms with van der Waals surface area (Å²) in [6.07, 6.45) is 12.2. The molecule has 2 heterocycles. The van der Waals surface area contributed by atoms with Crippen molar-refractivity contribution in [3.05, 3.63) is 22.3 Å². The molecule has 4 aliphatic carbocycles. The maximum atomic E-state index is 13.1. The van der Waals surface area contributed by atoms with E-state index in [0.717, 1.165) is 44.4 Å². The molecular weight excluding hydrogens is 388 g/mol. The third kappa shape index (κ3) is 2.29. The van der Waals surface area contributed by atoms with Gasteiger partial charge in [0.2, 0.25) is 0 Å². The van der Waals surface area contributed by atoms with E-state index in [1.165, 1.54) is 61.6 Å². The molecule has 3 bridgehead atoms. The Kier molecular flexibility index (Phi) is 3.66. The second kappa shape index (κ2) is 5.85. The second-order valence-electron chi connectivity index (χ2n) is 9.63. The molecule has 1 amide bonds. The summed E-state index contributed by atoms with van der Waals surface area (Å²) >= 11 is 2.98. The molecule has 6 rings (SSSR count). The summed E-state index contributed by atoms with van der Waals surface area (Å²) < 4.78 is 1.96. The Hall–Kier alpha value is -1.34. The molecule has 4 aliphatic rings. The minimum Gasteiger partial charge on any atom is -0.351 e. The smallest absolute Gasteiger partial charge is 0.264 e. The lowest BCUT2D eigenvalue weighted by molar-refractivity contribution is -0.0960. The summed E-state index contributed by atoms with van der Waals surface area (Å²) in [5, 5.41) is 5.92. The van der Waals surface area contributed by atoms with Crippen molar-refractivity contribution >= 4 is 29.0 Å². The van der Waals surface area contributed by atoms with Crippen molar-refractivity contribution in [2.45, 2.75) is 55.6 Å². The molecule has 5 nitrogen and oxygen atoms in total. The number of carbonyl (C=O) groups excluding carboxylic acids is 1. The lowest BCUT2D eigenvalue weighted by Crippen LogP contribution is -2.57. The van der Waals surface area contributed by atoms with Gasteiger partial charge >= 0.3 is 0 Å². The fourth-order valence-corrected chi connectivity index (χ4v) is 9.28. The van der Waals surface area contributed by atoms with Gasteiger partial charge in [-0.05, 0) is 85.8 Å². The molecule has 0 aliphatic heterocycles. The van der Waals surface area contributed by atoms with Gasteiger partial charge in [-0.2, -0.15) is 0 Å². The van der Waals surface area contributed by atoms with Crippen molar-refractivity contribution in [2.24, 2.45) is 35.6 Å². The second-order valence-corrected chi connectivity index (χ2v) is 11.8. The number of aromatic nitrogens is 3. The molecule has 7 heteroatoms. The first-order valence-electron chi connectivity index (χ1n) is 10.4. The number of amides is 1. The standard InChI is InChI=1S/C21H26N4OS2/c1-12-24-18(28-19-22-3-4-25(19)2)16(27-12)17(26)23-11-20-7-14-5-13-6-15(10-20)21(20,8-13)9-14/h3-4,13-15H,5-11H2,1-2H3,(H,23,26). The maximum Gasteiger partial charge on any atom is 0.264 e. The van der Waals surface area contributed by atoms with Gasteiger partial charge in [0.1, 0.15) is 9.90 Å². The van der Waals surface area contributed by atoms with Gasteiger partial charge in [-0.15, -0.1) is 11.3 Å². The normalized spacial score (nSPS) is 37.1. The van der Waals surface area contributed by atoms with E-state index in [1.54, 1.807) is 6.20 Å². The molecule has 5 atom stereocenters. The zero-order chi connectivity index (χ0) is 19.1. The van der Waals surface area contributed by atoms with Crippen LogP contribution in [0.3, 0.4) is 0 Å². The molecule has 1 N–H and O–H groups in total. The van der Waals surface area contributed by atoms with E-state index in [0.29, 0.717) is 10.8 Å². The van der Waals surface area contributed by atoms with Crippen molar-refractivity contribution in [3.8, 4) is 0 Å². The molecule has 0 aromatic carbocycles. The average Bonchev–Trinajstić information content (AvgIpc) is 3.32. The minimum atomic E-state index is 0.0486. The van der Waals surface area contributed by atoms with Crippen LogP contribution in [-0.2, 0) is 7.05 Å². The number of thiazole rings is 1. The lowest BCUT2D eigenvalue weighted by atomic mass is 9.46. The fraction of sp³-hybridized carbons (Fsp3) is 0.667. The van der Waals surface area contributed by atoms with Crippen LogP contribution in [0.1, 0.15) is 53.2 Å². The predicted octanol–water partition coefficient (Wildman–Crippen LogP) is 4.28. The number of imidazole rings is 1. The van der Waals surface area contributed by atoms with E-state index in [4.69, 9.17) is 0 Å². The molecule has 5 unspecified atom stereocenters. The van der Waals surface area contributed by atoms with Crippen molar-refractivity contribution in [1.82, 2.24) is 19.9 Å². The number of rotatable bonds is 5. The van der Waals surface area contributed by atoms with Crippen LogP contribution in [0.2, 0.25) is 0 Å². The summed E-state index contributed by atoms with van der Waals surface area (Å²) in [4.78, 5) is 22.8. The zero-order valence-corrected chi connectivity index (χ0v) is 18.0. The number of hydrogen-bond acceptors (Lipinski definition) is 5. The van der Waals surface area contributed by atoms with Crippen molar-refractivity contribution < 1.29 is 4.79 Å². The number of aryl methyl sites for hydroxylation is 2. The highest BCUT2D eigenvalue weighted by atomic mass is 32.2. The first-order chi connectivity index (χ1) is 13.5. The Bertz CT molecular complexity index is 962. The Morgan fingerprint density at radius 1 is 1.32 bits per heavy atom. The molecule has 1 spiro atoms. The van der Waals surface area contributed by atoms with Gasteiger partial charge in [0.15, 0.2) is 5.16 Å². The average molecular weight is 415 g/mol. The quantitative estimate of drug-likeness (QED) is 0.793. The first-order valence-corrected chi connectivity index (χ1v) is 12.0. The van der Waals surface area contributed by atoms with Gasteiger partial charge in [-0.25, -0.2) is 9.97 Å². The van der Waals surface area contributed by atoms with Crippen LogP contribution in [0, 0.1) is 35.5 Å². The van der Waals surface area contributed by atoms with Crippen molar-refractivity contribution in [2.75, 3.05) is 6.54 Å². The van der Waals surface area contributed by atoms with E-state index >= 15 is 0 Å². The summed E-state index contributed by atoms with van der Waals surface area (Å²) in [6, 6.07) is 0. The van der Waals surface area contributed by atoms with Crippen LogP contribution in [0.25, 0.3) is 0 Å². The Morgan fingerprint density at radius 3 is 3.00 bits per heavy atom. The third-order valence-corrected chi connectivity index (χ3v) is 10.4. The highest BCUT2D eigenvalue weighted by Gasteiger charge is 2.73. The number of nitrogens with one attached hydrogen (secondary N) is 1. The highest BCUT2D eigenvalue weighted by Crippen LogP contribution is 2.81. The molecule has 28 heavy (non-hydrogen) atoms. The van der Waals surface area contributed by atoms with E-state index in [-0.39, 0.29) is 5.91 Å². The summed E-state index contributed by atoms with van der Waals surface area (Å²) in [5.74, 6) is 2.90. The van der Waals surface area contributed by atoms with Gasteiger partial charge in [0.25, 0.3) is 5.91 Å². The molecule has 0 saturated heterocycles. The van der Waals surface area contributed by atoms with E-state index in [9.17, 15) is 4.79 Å². The topological polar surface area (TPSA) is 59.8 Å². The van der Waals surface area contributed by atoms with Crippen LogP contribution in [0.5, 0.6) is 0 Å². The zero-order valence-electron chi connectivity index (χ0n) is 16.4. The minimum absolute atomic E-state index is 0.0486. The molecule has 4 fully saturated rings. The van der Waals surface area contributed by atoms with Gasteiger partial charge in [-0.1, -0.05) is 0 Å². The molecule has 4 saturated carbocycles. The maximum absolute atomic E-state index is 13.1. The lowest BCUT2D eigenvalue weighted by Gasteiger charge is -2.59. The van der Waals surface area contributed by atoms with Crippen molar-refractivity contribution in [3.63, 3.8) is 0 Å². The molecule has 0 radical (unpaired) electrons. The van der Waals surface area contributed by atoms with Crippen LogP contribution in [0.15, 0.2) is 22.6 Å². The molecule has 148 valence electrons. The largest absolute Gasteiger partial charge is 0.351 e. The van der Waals surface area contributed by atoms with E-state index in [2.05, 4.69) is 15.3 Å². The summed E-state index contributed by atoms with van der Waals surface area (Å²) in [7, 11) is 1.97. The number of fused-ring (bicyclic) bond motifs is 2. The summed E-state index contributed by atoms with van der Waals surface area (Å²) in [5.41, 5.74) is 0.956. The van der Waals surface area contributed by atoms with Crippen LogP contribution < -0.4 is 5.32 Å². The van der Waals surface area contributed by atoms with Crippen LogP contribution >= 0.6 is 23.1 Å². The van der Waals surface area contributed by atoms with Gasteiger partial charge in [0.05, 0.1) is 5.01 Å². The fourth-order valence-electron chi connectivity index (χ4n) is 7.38. The summed E-state index contributed by atoms with van der Waals surface area (Å²) in [6.45, 7) is 2.83. The third-order valence-electron chi connectivity index (χ3n) is 8.21. The van der Waals surface area contributed by atoms with Gasteiger partial charge in [0, 0.05) is 26.0 Å².